The van der Waals surface area contributed by atoms with E-state index in [0.29, 0.717) is 0 Å². The van der Waals surface area contributed by atoms with Gasteiger partial charge >= 0.3 is 0 Å². The van der Waals surface area contributed by atoms with Gasteiger partial charge < -0.3 is 76.7 Å². The number of hydrogen-bond donors (Lipinski definition) is 6. The highest BCUT2D eigenvalue weighted by Crippen LogP contribution is 2.34. The average molecular weight is 911 g/mol. The summed E-state index contributed by atoms with van der Waals surface area (Å²) in [6.45, 7) is -2.76. The number of aliphatic hydroxyl groups is 4. The molecule has 0 aliphatic carbocycles. The number of rotatable bonds is 20. The highest BCUT2D eigenvalue weighted by molar-refractivity contribution is 7.84. The lowest BCUT2D eigenvalue weighted by molar-refractivity contribution is -0.475. The molecule has 0 amide bonds. The van der Waals surface area contributed by atoms with Gasteiger partial charge in [-0.25, -0.2) is 52.9 Å². The van der Waals surface area contributed by atoms with Gasteiger partial charge in [-0.2, -0.15) is 0 Å². The van der Waals surface area contributed by atoms with E-state index in [1.807, 2.05) is 0 Å². The Morgan fingerprint density at radius 2 is 1.18 bits per heavy atom. The van der Waals surface area contributed by atoms with Crippen LogP contribution in [0.3, 0.4) is 0 Å². The maximum absolute atomic E-state index is 11.7. The van der Waals surface area contributed by atoms with E-state index in [0.717, 1.165) is 6.92 Å². The normalized spacial score (nSPS) is 39.1. The van der Waals surface area contributed by atoms with Crippen LogP contribution in [0.1, 0.15) is 6.92 Å². The highest BCUT2D eigenvalue weighted by atomic mass is 32.3. The molecule has 0 radical (unpaired) electrons. The predicted molar refractivity (Wildman–Crippen MR) is 151 cm³/mol. The van der Waals surface area contributed by atoms with Crippen molar-refractivity contribution in [1.82, 2.24) is 9.44 Å². The molecular formula is C19H30N2O29S5-6. The maximum Gasteiger partial charge on any atom is 0.218 e. The van der Waals surface area contributed by atoms with Crippen LogP contribution in [0.15, 0.2) is 0 Å². The van der Waals surface area contributed by atoms with E-state index >= 15 is 0 Å². The first-order valence-electron chi connectivity index (χ1n) is 14.4. The summed E-state index contributed by atoms with van der Waals surface area (Å²) in [6.07, 6.45) is -29.2. The van der Waals surface area contributed by atoms with E-state index in [-0.39, 0.29) is 0 Å². The summed E-state index contributed by atoms with van der Waals surface area (Å²) in [5.41, 5.74) is 0. The summed E-state index contributed by atoms with van der Waals surface area (Å²) in [5.74, 6) is 0. The van der Waals surface area contributed by atoms with Gasteiger partial charge in [-0.15, -0.1) is 8.67 Å². The van der Waals surface area contributed by atoms with Crippen molar-refractivity contribution in [2.24, 2.45) is 0 Å². The third-order valence-electron chi connectivity index (χ3n) is 7.42. The van der Waals surface area contributed by atoms with Crippen LogP contribution >= 0.6 is 0 Å². The van der Waals surface area contributed by atoms with Gasteiger partial charge in [0.15, 0.2) is 39.5 Å². The smallest absolute Gasteiger partial charge is 0.218 e. The molecule has 3 heterocycles. The van der Waals surface area contributed by atoms with Crippen molar-refractivity contribution in [3.05, 3.63) is 0 Å². The van der Waals surface area contributed by atoms with E-state index in [1.165, 1.54) is 9.44 Å². The zero-order chi connectivity index (χ0) is 41.6. The number of aliphatic hydroxyl groups excluding tert-OH is 4. The lowest BCUT2D eigenvalue weighted by atomic mass is 9.93. The molecule has 8 unspecified atom stereocenters. The van der Waals surface area contributed by atoms with Crippen molar-refractivity contribution in [3.8, 4) is 0 Å². The molecule has 0 aromatic carbocycles. The van der Waals surface area contributed by atoms with Gasteiger partial charge in [0.2, 0.25) is 10.4 Å². The lowest BCUT2D eigenvalue weighted by Crippen LogP contribution is -2.69. The molecule has 0 spiro atoms. The minimum Gasteiger partial charge on any atom is -0.834 e. The van der Waals surface area contributed by atoms with Gasteiger partial charge in [0.1, 0.15) is 96.9 Å². The van der Waals surface area contributed by atoms with Crippen molar-refractivity contribution >= 4 is 53.7 Å². The monoisotopic (exact) mass is 910 g/mol. The highest BCUT2D eigenvalue weighted by Gasteiger charge is 2.55. The molecule has 0 bridgehead atoms. The Bertz CT molecular complexity index is 1620. The molecule has 3 fully saturated rings. The molecule has 0 saturated carbocycles. The Labute approximate surface area is 314 Å². The average Bonchev–Trinajstić information content (AvgIpc) is 3.03. The second kappa shape index (κ2) is 20.5. The molecule has 3 rings (SSSR count). The quantitative estimate of drug-likeness (QED) is 0.0165. The van der Waals surface area contributed by atoms with Crippen LogP contribution in [0, 0.1) is 0 Å². The van der Waals surface area contributed by atoms with Crippen LogP contribution in [0.25, 0.3) is 0 Å². The first-order chi connectivity index (χ1) is 25.3. The van der Waals surface area contributed by atoms with E-state index in [9.17, 15) is 82.0 Å². The Morgan fingerprint density at radius 1 is 0.655 bits per heavy atom. The fraction of sp³-hybridized carbons (Fsp3) is 1.00. The van der Waals surface area contributed by atoms with Crippen molar-refractivity contribution in [2.75, 3.05) is 20.0 Å². The predicted octanol–water partition coefficient (Wildman–Crippen LogP) is -10.1. The van der Waals surface area contributed by atoms with Crippen LogP contribution in [0.5, 0.6) is 0 Å². The van der Waals surface area contributed by atoms with E-state index in [4.69, 9.17) is 28.4 Å². The zero-order valence-electron chi connectivity index (χ0n) is 26.8. The van der Waals surface area contributed by atoms with Crippen molar-refractivity contribution in [2.45, 2.75) is 98.9 Å². The van der Waals surface area contributed by atoms with Gasteiger partial charge in [0, 0.05) is 0 Å². The standard InChI is InChI=1S/C19H35N2O29S5/c1-5-8(20-53(31,32)33)15(48-55(37,38)39)14(7(43-5)3-42-50-52(29)30)45-18-13(26)12(25)16(19(47-18)40-4-22)46-17-9(21-54(34,35)36)11(24)10(23)6(44-17)2-41-49-51(27)28/h5-21,23-26H,2-4H2,1H3,(H,27,28)(H,29,30)(H,31,32,33)(H,34,35,36)(H,37,38,39)/q-1/p-5/t5?,6-,7?,8+,9?,10+,11?,12?,13?,14+,15+,16-,17+,18+,19+/m0/s1. The molecule has 3 saturated heterocycles. The molecule has 6 N–H and O–H groups in total. The molecule has 0 aromatic rings. The minimum absolute atomic E-state index is 1.00. The van der Waals surface area contributed by atoms with Gasteiger partial charge in [-0.1, -0.05) is 0 Å². The Balaban J connectivity index is 1.98. The van der Waals surface area contributed by atoms with Gasteiger partial charge in [-0.05, 0) is 13.7 Å². The van der Waals surface area contributed by atoms with E-state index < -0.39 is 166 Å². The minimum atomic E-state index is -5.88. The lowest BCUT2D eigenvalue weighted by Gasteiger charge is -2.49. The van der Waals surface area contributed by atoms with Crippen molar-refractivity contribution in [1.29, 1.82) is 0 Å². The van der Waals surface area contributed by atoms with Crippen LogP contribution in [-0.2, 0) is 105 Å². The molecule has 3 aliphatic rings. The molecule has 3 aliphatic heterocycles. The fourth-order valence-corrected chi connectivity index (χ4v) is 7.33. The summed E-state index contributed by atoms with van der Waals surface area (Å²) in [5, 5.41) is 54.6. The molecule has 36 heteroatoms. The second-order valence-electron chi connectivity index (χ2n) is 11.0. The first-order valence-corrected chi connectivity index (χ1v) is 20.5. The van der Waals surface area contributed by atoms with Crippen LogP contribution in [-0.4, -0.2) is 189 Å². The largest absolute Gasteiger partial charge is 0.834 e. The molecule has 0 aromatic heterocycles. The zero-order valence-corrected chi connectivity index (χ0v) is 30.9. The Morgan fingerprint density at radius 3 is 1.69 bits per heavy atom. The first kappa shape index (κ1) is 48.6. The van der Waals surface area contributed by atoms with E-state index in [2.05, 4.69) is 22.6 Å². The molecule has 55 heavy (non-hydrogen) atoms. The summed E-state index contributed by atoms with van der Waals surface area (Å²) >= 11 is -6.64. The van der Waals surface area contributed by atoms with Crippen molar-refractivity contribution in [3.63, 3.8) is 0 Å². The Kier molecular flexibility index (Phi) is 18.1. The molecular weight excluding hydrogens is 881 g/mol. The number of hydrogen-bond acceptors (Lipinski definition) is 29. The van der Waals surface area contributed by atoms with E-state index in [1.54, 1.807) is 0 Å². The maximum atomic E-state index is 11.7. The second-order valence-corrected chi connectivity index (χ2v) is 15.4. The Hall–Kier alpha value is -0.770. The SMILES string of the molecule is CC1OC(COOS(=O)[O-])[C@@H](O[C@@H]2O[C@@H](OC[O-])[C@@H](O[C@H]3O[C@@H](COOS(=O)[O-])[C@@H](O)C(O)C3NS(=O)(=O)[O-])C(O)C2O)[C@H](OS(=O)(=O)[O-])[C@@H]1NS(=O)(=O)[O-]. The number of ether oxygens (including phenoxy) is 6. The fourth-order valence-electron chi connectivity index (χ4n) is 5.32. The summed E-state index contributed by atoms with van der Waals surface area (Å²) in [4.78, 5) is 8.72. The van der Waals surface area contributed by atoms with Crippen LogP contribution in [0.2, 0.25) is 0 Å². The van der Waals surface area contributed by atoms with Crippen LogP contribution < -0.4 is 14.6 Å². The summed E-state index contributed by atoms with van der Waals surface area (Å²) in [7, 11) is -17.0. The van der Waals surface area contributed by atoms with Crippen molar-refractivity contribution < 1.29 is 133 Å². The molecule has 17 atom stereocenters. The number of nitrogens with one attached hydrogen (secondary N) is 2. The summed E-state index contributed by atoms with van der Waals surface area (Å²) in [6, 6.07) is -4.43. The molecule has 326 valence electrons. The summed E-state index contributed by atoms with van der Waals surface area (Å²) < 4.78 is 194. The van der Waals surface area contributed by atoms with Crippen LogP contribution in [0.4, 0.5) is 0 Å². The molecule has 31 nitrogen and oxygen atoms in total. The van der Waals surface area contributed by atoms with Gasteiger partial charge in [0.05, 0.1) is 12.1 Å². The third-order valence-corrected chi connectivity index (χ3v) is 9.41. The third kappa shape index (κ3) is 14.8. The van der Waals surface area contributed by atoms with Gasteiger partial charge in [-0.3, -0.25) is 4.18 Å². The topological polar surface area (TPSA) is 481 Å². The van der Waals surface area contributed by atoms with Gasteiger partial charge in [0.25, 0.3) is 0 Å².